The van der Waals surface area contributed by atoms with Gasteiger partial charge in [-0.3, -0.25) is 9.69 Å². The number of halogens is 1. The van der Waals surface area contributed by atoms with Crippen LogP contribution in [0.15, 0.2) is 54.6 Å². The SMILES string of the molecule is CCOC(=O)C1(CCc2ccccc2)CCN(Cc2ccc(F)cc2)CC1. The van der Waals surface area contributed by atoms with Crippen molar-refractivity contribution in [3.05, 3.63) is 71.5 Å². The van der Waals surface area contributed by atoms with Crippen LogP contribution in [0.5, 0.6) is 0 Å². The largest absolute Gasteiger partial charge is 0.466 e. The molecule has 0 radical (unpaired) electrons. The van der Waals surface area contributed by atoms with E-state index in [4.69, 9.17) is 4.74 Å². The van der Waals surface area contributed by atoms with Gasteiger partial charge in [0.05, 0.1) is 12.0 Å². The summed E-state index contributed by atoms with van der Waals surface area (Å²) in [5, 5.41) is 0. The molecule has 1 fully saturated rings. The van der Waals surface area contributed by atoms with Crippen molar-refractivity contribution >= 4 is 5.97 Å². The van der Waals surface area contributed by atoms with Crippen LogP contribution in [0.4, 0.5) is 4.39 Å². The summed E-state index contributed by atoms with van der Waals surface area (Å²) in [6.45, 7) is 4.78. The molecule has 0 N–H and O–H groups in total. The lowest BCUT2D eigenvalue weighted by molar-refractivity contribution is -0.159. The predicted molar refractivity (Wildman–Crippen MR) is 105 cm³/mol. The Balaban J connectivity index is 1.62. The van der Waals surface area contributed by atoms with E-state index in [1.165, 1.54) is 17.7 Å². The first-order chi connectivity index (χ1) is 13.1. The molecule has 1 heterocycles. The first-order valence-electron chi connectivity index (χ1n) is 9.79. The number of benzene rings is 2. The fraction of sp³-hybridized carbons (Fsp3) is 0.435. The molecule has 3 rings (SSSR count). The van der Waals surface area contributed by atoms with E-state index in [2.05, 4.69) is 17.0 Å². The Kier molecular flexibility index (Phi) is 6.62. The number of carbonyl (C=O) groups is 1. The lowest BCUT2D eigenvalue weighted by Gasteiger charge is -2.40. The zero-order valence-corrected chi connectivity index (χ0v) is 16.0. The van der Waals surface area contributed by atoms with E-state index >= 15 is 0 Å². The molecule has 3 nitrogen and oxygen atoms in total. The van der Waals surface area contributed by atoms with Gasteiger partial charge in [-0.15, -0.1) is 0 Å². The van der Waals surface area contributed by atoms with E-state index in [0.29, 0.717) is 6.61 Å². The van der Waals surface area contributed by atoms with Gasteiger partial charge >= 0.3 is 5.97 Å². The molecule has 1 saturated heterocycles. The molecule has 0 unspecified atom stereocenters. The van der Waals surface area contributed by atoms with Gasteiger partial charge < -0.3 is 4.74 Å². The maximum atomic E-state index is 13.1. The Hall–Kier alpha value is -2.20. The lowest BCUT2D eigenvalue weighted by atomic mass is 9.74. The van der Waals surface area contributed by atoms with Crippen LogP contribution in [-0.2, 0) is 22.5 Å². The fourth-order valence-electron chi connectivity index (χ4n) is 3.86. The predicted octanol–water partition coefficient (Wildman–Crippen LogP) is 4.60. The van der Waals surface area contributed by atoms with Crippen LogP contribution in [0.3, 0.4) is 0 Å². The Morgan fingerprint density at radius 1 is 1.04 bits per heavy atom. The molecular weight excluding hydrogens is 341 g/mol. The summed E-state index contributed by atoms with van der Waals surface area (Å²) in [5.41, 5.74) is 1.96. The zero-order valence-electron chi connectivity index (χ0n) is 16.0. The van der Waals surface area contributed by atoms with Crippen molar-refractivity contribution in [3.8, 4) is 0 Å². The molecule has 144 valence electrons. The molecule has 0 bridgehead atoms. The topological polar surface area (TPSA) is 29.5 Å². The number of hydrogen-bond donors (Lipinski definition) is 0. The number of likely N-dealkylation sites (tertiary alicyclic amines) is 1. The Labute approximate surface area is 161 Å². The third-order valence-corrected chi connectivity index (χ3v) is 5.58. The van der Waals surface area contributed by atoms with Gasteiger partial charge in [0.15, 0.2) is 0 Å². The molecule has 0 spiro atoms. The number of piperidine rings is 1. The molecular formula is C23H28FNO2. The van der Waals surface area contributed by atoms with Crippen molar-refractivity contribution in [2.75, 3.05) is 19.7 Å². The molecule has 2 aromatic rings. The van der Waals surface area contributed by atoms with Gasteiger partial charge in [0.25, 0.3) is 0 Å². The average molecular weight is 369 g/mol. The van der Waals surface area contributed by atoms with Gasteiger partial charge in [-0.05, 0) is 69.0 Å². The van der Waals surface area contributed by atoms with Gasteiger partial charge in [0, 0.05) is 6.54 Å². The van der Waals surface area contributed by atoms with E-state index in [1.54, 1.807) is 0 Å². The summed E-state index contributed by atoms with van der Waals surface area (Å²) in [4.78, 5) is 15.1. The van der Waals surface area contributed by atoms with Crippen molar-refractivity contribution in [3.63, 3.8) is 0 Å². The molecule has 27 heavy (non-hydrogen) atoms. The maximum Gasteiger partial charge on any atom is 0.312 e. The fourth-order valence-corrected chi connectivity index (χ4v) is 3.86. The van der Waals surface area contributed by atoms with Crippen LogP contribution in [0.2, 0.25) is 0 Å². The first-order valence-corrected chi connectivity index (χ1v) is 9.79. The van der Waals surface area contributed by atoms with Gasteiger partial charge in [0.1, 0.15) is 5.82 Å². The van der Waals surface area contributed by atoms with Gasteiger partial charge in [-0.25, -0.2) is 4.39 Å². The minimum Gasteiger partial charge on any atom is -0.466 e. The highest BCUT2D eigenvalue weighted by Gasteiger charge is 2.42. The van der Waals surface area contributed by atoms with Gasteiger partial charge in [-0.2, -0.15) is 0 Å². The number of aryl methyl sites for hydroxylation is 1. The highest BCUT2D eigenvalue weighted by atomic mass is 19.1. The number of carbonyl (C=O) groups excluding carboxylic acids is 1. The van der Waals surface area contributed by atoms with E-state index in [1.807, 2.05) is 37.3 Å². The highest BCUT2D eigenvalue weighted by Crippen LogP contribution is 2.38. The van der Waals surface area contributed by atoms with Crippen LogP contribution in [0.25, 0.3) is 0 Å². The van der Waals surface area contributed by atoms with Crippen LogP contribution in [0.1, 0.15) is 37.3 Å². The third kappa shape index (κ3) is 5.16. The summed E-state index contributed by atoms with van der Waals surface area (Å²) in [6.07, 6.45) is 3.32. The average Bonchev–Trinajstić information content (AvgIpc) is 2.70. The Morgan fingerprint density at radius 2 is 1.70 bits per heavy atom. The standard InChI is InChI=1S/C23H28FNO2/c1-2-27-22(26)23(13-12-19-6-4-3-5-7-19)14-16-25(17-15-23)18-20-8-10-21(24)11-9-20/h3-11H,2,12-18H2,1H3. The smallest absolute Gasteiger partial charge is 0.312 e. The normalized spacial score (nSPS) is 16.8. The number of ether oxygens (including phenoxy) is 1. The molecule has 2 aromatic carbocycles. The lowest BCUT2D eigenvalue weighted by Crippen LogP contribution is -2.45. The molecule has 0 aromatic heterocycles. The molecule has 1 aliphatic heterocycles. The third-order valence-electron chi connectivity index (χ3n) is 5.58. The van der Waals surface area contributed by atoms with Crippen LogP contribution >= 0.6 is 0 Å². The van der Waals surface area contributed by atoms with Crippen molar-refractivity contribution in [1.82, 2.24) is 4.90 Å². The number of hydrogen-bond acceptors (Lipinski definition) is 3. The molecule has 4 heteroatoms. The second-order valence-corrected chi connectivity index (χ2v) is 7.39. The van der Waals surface area contributed by atoms with Crippen LogP contribution < -0.4 is 0 Å². The Bertz CT molecular complexity index is 722. The monoisotopic (exact) mass is 369 g/mol. The summed E-state index contributed by atoms with van der Waals surface area (Å²) in [6, 6.07) is 17.0. The van der Waals surface area contributed by atoms with E-state index < -0.39 is 5.41 Å². The van der Waals surface area contributed by atoms with Crippen molar-refractivity contribution in [2.24, 2.45) is 5.41 Å². The van der Waals surface area contributed by atoms with Crippen molar-refractivity contribution in [1.29, 1.82) is 0 Å². The molecule has 0 saturated carbocycles. The number of esters is 1. The van der Waals surface area contributed by atoms with Crippen LogP contribution in [-0.4, -0.2) is 30.6 Å². The quantitative estimate of drug-likeness (QED) is 0.668. The van der Waals surface area contributed by atoms with E-state index in [0.717, 1.165) is 50.9 Å². The summed E-state index contributed by atoms with van der Waals surface area (Å²) < 4.78 is 18.5. The summed E-state index contributed by atoms with van der Waals surface area (Å²) in [7, 11) is 0. The van der Waals surface area contributed by atoms with Gasteiger partial charge in [0.2, 0.25) is 0 Å². The summed E-state index contributed by atoms with van der Waals surface area (Å²) in [5.74, 6) is -0.262. The summed E-state index contributed by atoms with van der Waals surface area (Å²) >= 11 is 0. The first kappa shape index (κ1) is 19.6. The molecule has 1 aliphatic rings. The van der Waals surface area contributed by atoms with E-state index in [-0.39, 0.29) is 11.8 Å². The van der Waals surface area contributed by atoms with E-state index in [9.17, 15) is 9.18 Å². The molecule has 0 aliphatic carbocycles. The molecule has 0 atom stereocenters. The number of rotatable bonds is 7. The maximum absolute atomic E-state index is 13.1. The van der Waals surface area contributed by atoms with Crippen molar-refractivity contribution < 1.29 is 13.9 Å². The highest BCUT2D eigenvalue weighted by molar-refractivity contribution is 5.77. The molecule has 0 amide bonds. The number of nitrogens with zero attached hydrogens (tertiary/aromatic N) is 1. The zero-order chi connectivity index (χ0) is 19.1. The van der Waals surface area contributed by atoms with Gasteiger partial charge in [-0.1, -0.05) is 42.5 Å². The second kappa shape index (κ2) is 9.14. The second-order valence-electron chi connectivity index (χ2n) is 7.39. The minimum atomic E-state index is -0.398. The Morgan fingerprint density at radius 3 is 2.33 bits per heavy atom. The van der Waals surface area contributed by atoms with Crippen molar-refractivity contribution in [2.45, 2.75) is 39.2 Å². The van der Waals surface area contributed by atoms with Crippen LogP contribution in [0, 0.1) is 11.2 Å². The minimum absolute atomic E-state index is 0.0534.